The molecule has 50 heavy (non-hydrogen) atoms. The topological polar surface area (TPSA) is 43.4 Å². The Morgan fingerprint density at radius 2 is 0.840 bits per heavy atom. The smallest absolute Gasteiger partial charge is 0.266 e. The van der Waals surface area contributed by atoms with Gasteiger partial charge in [-0.05, 0) is 48.6 Å². The summed E-state index contributed by atoms with van der Waals surface area (Å²) in [5.41, 5.74) is 2.28. The highest BCUT2D eigenvalue weighted by atomic mass is 32.2. The molecule has 0 unspecified atom stereocenters. The van der Waals surface area contributed by atoms with Gasteiger partial charge in [0.1, 0.15) is 4.90 Å². The van der Waals surface area contributed by atoms with Crippen LogP contribution in [0.4, 0.5) is 0 Å². The van der Waals surface area contributed by atoms with E-state index >= 15 is 0 Å². The van der Waals surface area contributed by atoms with Crippen molar-refractivity contribution in [3.63, 3.8) is 0 Å². The van der Waals surface area contributed by atoms with Gasteiger partial charge in [-0.15, -0.1) is 0 Å². The van der Waals surface area contributed by atoms with E-state index in [1.807, 2.05) is 18.2 Å². The monoisotopic (exact) mass is 713 g/mol. The van der Waals surface area contributed by atoms with Crippen LogP contribution in [-0.2, 0) is 27.1 Å². The Labute approximate surface area is 311 Å². The Balaban J connectivity index is 2.03. The van der Waals surface area contributed by atoms with E-state index in [2.05, 4.69) is 32.9 Å². The average Bonchev–Trinajstić information content (AvgIpc) is 3.11. The second-order valence-corrected chi connectivity index (χ2v) is 16.9. The van der Waals surface area contributed by atoms with Crippen LogP contribution in [0.15, 0.2) is 35.2 Å². The van der Waals surface area contributed by atoms with Crippen molar-refractivity contribution in [2.75, 3.05) is 6.61 Å². The Bertz CT molecular complexity index is 1190. The lowest BCUT2D eigenvalue weighted by Crippen LogP contribution is -2.13. The summed E-state index contributed by atoms with van der Waals surface area (Å²) >= 11 is 0. The Hall–Kier alpha value is -1.39. The van der Waals surface area contributed by atoms with Crippen LogP contribution in [-0.4, -0.2) is 15.0 Å². The fourth-order valence-electron chi connectivity index (χ4n) is 7.60. The molecular weight excluding hydrogens is 633 g/mol. The lowest BCUT2D eigenvalue weighted by molar-refractivity contribution is 0.306. The summed E-state index contributed by atoms with van der Waals surface area (Å²) in [6, 6.07) is 10.4. The van der Waals surface area contributed by atoms with Gasteiger partial charge in [0.25, 0.3) is 10.1 Å². The molecule has 0 atom stereocenters. The van der Waals surface area contributed by atoms with Crippen LogP contribution in [0.5, 0.6) is 0 Å². The van der Waals surface area contributed by atoms with Crippen molar-refractivity contribution < 1.29 is 12.6 Å². The van der Waals surface area contributed by atoms with Crippen LogP contribution >= 0.6 is 0 Å². The van der Waals surface area contributed by atoms with E-state index in [4.69, 9.17) is 4.18 Å². The van der Waals surface area contributed by atoms with Crippen LogP contribution in [0.2, 0.25) is 0 Å². The first kappa shape index (κ1) is 44.8. The van der Waals surface area contributed by atoms with Crippen molar-refractivity contribution >= 4 is 20.9 Å². The molecule has 0 saturated carbocycles. The molecule has 0 N–H and O–H groups in total. The van der Waals surface area contributed by atoms with Crippen molar-refractivity contribution in [1.82, 2.24) is 0 Å². The summed E-state index contributed by atoms with van der Waals surface area (Å²) in [4.78, 5) is 0.473. The summed E-state index contributed by atoms with van der Waals surface area (Å²) in [7, 11) is -3.87. The van der Waals surface area contributed by atoms with Gasteiger partial charge in [-0.1, -0.05) is 224 Å². The molecule has 0 aliphatic carbocycles. The second kappa shape index (κ2) is 30.1. The lowest BCUT2D eigenvalue weighted by atomic mass is 9.93. The zero-order valence-corrected chi connectivity index (χ0v) is 34.2. The summed E-state index contributed by atoms with van der Waals surface area (Å²) in [5.74, 6) is 0. The van der Waals surface area contributed by atoms with Gasteiger partial charge >= 0.3 is 0 Å². The van der Waals surface area contributed by atoms with E-state index in [1.165, 1.54) is 173 Å². The number of aryl methyl sites for hydroxylation is 1. The minimum Gasteiger partial charge on any atom is -0.266 e. The molecule has 4 heteroatoms. The Kier molecular flexibility index (Phi) is 27.0. The predicted octanol–water partition coefficient (Wildman–Crippen LogP) is 15.4. The van der Waals surface area contributed by atoms with E-state index in [9.17, 15) is 8.42 Å². The van der Waals surface area contributed by atoms with E-state index in [0.29, 0.717) is 4.90 Å². The van der Waals surface area contributed by atoms with E-state index in [-0.39, 0.29) is 6.61 Å². The number of rotatable bonds is 35. The quantitative estimate of drug-likeness (QED) is 0.0528. The molecule has 0 fully saturated rings. The van der Waals surface area contributed by atoms with Gasteiger partial charge in [-0.2, -0.15) is 8.42 Å². The van der Waals surface area contributed by atoms with Crippen molar-refractivity contribution in [3.8, 4) is 0 Å². The highest BCUT2D eigenvalue weighted by molar-refractivity contribution is 7.87. The molecule has 0 saturated heterocycles. The lowest BCUT2D eigenvalue weighted by Gasteiger charge is -2.19. The molecule has 0 aliphatic rings. The molecule has 0 aromatic heterocycles. The van der Waals surface area contributed by atoms with Gasteiger partial charge in [-0.3, -0.25) is 4.18 Å². The minimum absolute atomic E-state index is 0.285. The van der Waals surface area contributed by atoms with Gasteiger partial charge < -0.3 is 0 Å². The number of hydrogen-bond donors (Lipinski definition) is 0. The average molecular weight is 713 g/mol. The van der Waals surface area contributed by atoms with Gasteiger partial charge in [0.15, 0.2) is 0 Å². The zero-order chi connectivity index (χ0) is 36.0. The summed E-state index contributed by atoms with van der Waals surface area (Å²) in [6.45, 7) is 7.11. The molecule has 0 aliphatic heterocycles. The highest BCUT2D eigenvalue weighted by Crippen LogP contribution is 2.34. The van der Waals surface area contributed by atoms with E-state index < -0.39 is 10.1 Å². The molecule has 0 amide bonds. The molecule has 288 valence electrons. The maximum atomic E-state index is 14.1. The molecule has 0 spiro atoms. The molecule has 2 aromatic rings. The normalized spacial score (nSPS) is 12.0. The Morgan fingerprint density at radius 3 is 1.30 bits per heavy atom. The standard InChI is InChI=1S/C46H80O3S/c1-4-7-10-13-16-19-22-25-28-31-36-42-41-43-37-33-34-39-45(43)46(44(42)38-32-29-26-23-20-17-14-11-8-5-2)50(47,48)49-40-35-30-27-24-21-18-15-12-9-6-3/h33-34,37,39,41H,4-32,35-36,38,40H2,1-3H3. The molecule has 0 heterocycles. The number of hydrogen-bond acceptors (Lipinski definition) is 3. The predicted molar refractivity (Wildman–Crippen MR) is 220 cm³/mol. The van der Waals surface area contributed by atoms with Crippen LogP contribution in [0.25, 0.3) is 10.8 Å². The molecule has 0 bridgehead atoms. The number of fused-ring (bicyclic) bond motifs is 1. The molecule has 2 aromatic carbocycles. The molecule has 2 rings (SSSR count). The first-order valence-electron chi connectivity index (χ1n) is 22.0. The second-order valence-electron chi connectivity index (χ2n) is 15.4. The first-order valence-corrected chi connectivity index (χ1v) is 23.4. The van der Waals surface area contributed by atoms with Gasteiger partial charge in [0.2, 0.25) is 0 Å². The minimum atomic E-state index is -3.87. The molecular formula is C46H80O3S. The number of unbranched alkanes of at least 4 members (excludes halogenated alkanes) is 27. The largest absolute Gasteiger partial charge is 0.297 e. The van der Waals surface area contributed by atoms with Gasteiger partial charge in [-0.25, -0.2) is 0 Å². The van der Waals surface area contributed by atoms with E-state index in [0.717, 1.165) is 54.9 Å². The maximum Gasteiger partial charge on any atom is 0.297 e. The van der Waals surface area contributed by atoms with Crippen LogP contribution in [0, 0.1) is 0 Å². The zero-order valence-electron chi connectivity index (χ0n) is 33.4. The van der Waals surface area contributed by atoms with Gasteiger partial charge in [0, 0.05) is 5.39 Å². The fraction of sp³-hybridized carbons (Fsp3) is 0.783. The summed E-state index contributed by atoms with van der Waals surface area (Å²) < 4.78 is 34.0. The Morgan fingerprint density at radius 1 is 0.460 bits per heavy atom. The van der Waals surface area contributed by atoms with Crippen molar-refractivity contribution in [2.45, 2.75) is 231 Å². The fourth-order valence-corrected chi connectivity index (χ4v) is 9.05. The maximum absolute atomic E-state index is 14.1. The SMILES string of the molecule is CCCCCCCCCCCCOS(=O)(=O)c1c(CCCCCCCCCCCC)c(CCCCCCCCCCCC)cc2ccccc12. The number of benzene rings is 2. The van der Waals surface area contributed by atoms with Crippen LogP contribution < -0.4 is 0 Å². The molecule has 0 radical (unpaired) electrons. The summed E-state index contributed by atoms with van der Waals surface area (Å²) in [5, 5.41) is 1.87. The van der Waals surface area contributed by atoms with Gasteiger partial charge in [0.05, 0.1) is 6.61 Å². The molecule has 3 nitrogen and oxygen atoms in total. The van der Waals surface area contributed by atoms with Crippen LogP contribution in [0.1, 0.15) is 225 Å². The van der Waals surface area contributed by atoms with Crippen molar-refractivity contribution in [2.24, 2.45) is 0 Å². The van der Waals surface area contributed by atoms with Crippen molar-refractivity contribution in [1.29, 1.82) is 0 Å². The van der Waals surface area contributed by atoms with Crippen LogP contribution in [0.3, 0.4) is 0 Å². The third-order valence-corrected chi connectivity index (χ3v) is 12.2. The third-order valence-electron chi connectivity index (χ3n) is 10.8. The first-order chi connectivity index (χ1) is 24.5. The highest BCUT2D eigenvalue weighted by Gasteiger charge is 2.25. The summed E-state index contributed by atoms with van der Waals surface area (Å²) in [6.07, 6.45) is 39.9. The van der Waals surface area contributed by atoms with Crippen molar-refractivity contribution in [3.05, 3.63) is 41.5 Å². The third kappa shape index (κ3) is 20.0. The van der Waals surface area contributed by atoms with E-state index in [1.54, 1.807) is 0 Å².